The molecular weight excluding hydrogens is 266 g/mol. The van der Waals surface area contributed by atoms with Gasteiger partial charge in [-0.05, 0) is 29.4 Å². The van der Waals surface area contributed by atoms with E-state index in [1.165, 1.54) is 6.20 Å². The quantitative estimate of drug-likeness (QED) is 0.649. The topological polar surface area (TPSA) is 77.3 Å². The average Bonchev–Trinajstić information content (AvgIpc) is 2.88. The van der Waals surface area contributed by atoms with Crippen molar-refractivity contribution >= 4 is 21.5 Å². The van der Waals surface area contributed by atoms with E-state index in [0.717, 1.165) is 29.1 Å². The van der Waals surface area contributed by atoms with E-state index in [0.29, 0.717) is 11.7 Å². The van der Waals surface area contributed by atoms with Gasteiger partial charge in [-0.15, -0.1) is 0 Å². The first kappa shape index (κ1) is 13.3. The van der Waals surface area contributed by atoms with E-state index in [4.69, 9.17) is 4.74 Å². The highest BCUT2D eigenvalue weighted by molar-refractivity contribution is 7.18. The third-order valence-electron chi connectivity index (χ3n) is 2.54. The van der Waals surface area contributed by atoms with E-state index >= 15 is 0 Å². The van der Waals surface area contributed by atoms with Gasteiger partial charge in [0.1, 0.15) is 11.9 Å². The van der Waals surface area contributed by atoms with E-state index in [1.807, 2.05) is 24.3 Å². The molecule has 0 atom stereocenters. The van der Waals surface area contributed by atoms with Gasteiger partial charge in [-0.25, -0.2) is 4.98 Å². The van der Waals surface area contributed by atoms with Crippen molar-refractivity contribution < 1.29 is 9.66 Å². The Hall–Kier alpha value is -2.15. The van der Waals surface area contributed by atoms with Crippen molar-refractivity contribution in [2.75, 3.05) is 19.0 Å². The molecule has 100 valence electrons. The van der Waals surface area contributed by atoms with Crippen LogP contribution in [0.25, 0.3) is 0 Å². The standard InChI is InChI=1S/C12H13N3O3S/c1-18-10-5-3-2-4-9(10)6-7-13-12-14-8-11(19-12)15(16)17/h2-5,8H,6-7H2,1H3,(H,13,14). The van der Waals surface area contributed by atoms with E-state index in [9.17, 15) is 10.1 Å². The maximum absolute atomic E-state index is 10.5. The highest BCUT2D eigenvalue weighted by Crippen LogP contribution is 2.25. The SMILES string of the molecule is COc1ccccc1CCNc1ncc([N+](=O)[O-])s1. The monoisotopic (exact) mass is 279 g/mol. The summed E-state index contributed by atoms with van der Waals surface area (Å²) >= 11 is 1.03. The number of ether oxygens (including phenoxy) is 1. The lowest BCUT2D eigenvalue weighted by Crippen LogP contribution is -2.05. The zero-order valence-electron chi connectivity index (χ0n) is 10.3. The molecule has 0 fully saturated rings. The van der Waals surface area contributed by atoms with Crippen LogP contribution < -0.4 is 10.1 Å². The Balaban J connectivity index is 1.90. The van der Waals surface area contributed by atoms with Gasteiger partial charge in [0.2, 0.25) is 0 Å². The minimum Gasteiger partial charge on any atom is -0.496 e. The molecular formula is C12H13N3O3S. The molecule has 1 N–H and O–H groups in total. The lowest BCUT2D eigenvalue weighted by molar-refractivity contribution is -0.380. The van der Waals surface area contributed by atoms with Crippen molar-refractivity contribution in [3.8, 4) is 5.75 Å². The summed E-state index contributed by atoms with van der Waals surface area (Å²) in [4.78, 5) is 14.0. The molecule has 0 aliphatic heterocycles. The van der Waals surface area contributed by atoms with Crippen LogP contribution in [0.2, 0.25) is 0 Å². The van der Waals surface area contributed by atoms with Crippen LogP contribution in [0, 0.1) is 10.1 Å². The summed E-state index contributed by atoms with van der Waals surface area (Å²) in [6.07, 6.45) is 2.02. The van der Waals surface area contributed by atoms with Gasteiger partial charge >= 0.3 is 5.00 Å². The number of nitro groups is 1. The fraction of sp³-hybridized carbons (Fsp3) is 0.250. The number of benzene rings is 1. The van der Waals surface area contributed by atoms with Gasteiger partial charge in [0.05, 0.1) is 12.0 Å². The van der Waals surface area contributed by atoms with Crippen molar-refractivity contribution in [1.82, 2.24) is 4.98 Å². The summed E-state index contributed by atoms with van der Waals surface area (Å²) < 4.78 is 5.25. The van der Waals surface area contributed by atoms with Gasteiger partial charge in [0.25, 0.3) is 0 Å². The Bertz CT molecular complexity index is 571. The molecule has 0 aliphatic carbocycles. The molecule has 0 unspecified atom stereocenters. The van der Waals surface area contributed by atoms with E-state index in [-0.39, 0.29) is 5.00 Å². The summed E-state index contributed by atoms with van der Waals surface area (Å²) in [6, 6.07) is 7.76. The van der Waals surface area contributed by atoms with Crippen molar-refractivity contribution in [2.24, 2.45) is 0 Å². The first-order chi connectivity index (χ1) is 9.20. The molecule has 6 nitrogen and oxygen atoms in total. The van der Waals surface area contributed by atoms with Crippen molar-refractivity contribution in [1.29, 1.82) is 0 Å². The number of hydrogen-bond donors (Lipinski definition) is 1. The number of anilines is 1. The second-order valence-corrected chi connectivity index (χ2v) is 4.76. The highest BCUT2D eigenvalue weighted by atomic mass is 32.1. The number of para-hydroxylation sites is 1. The van der Waals surface area contributed by atoms with Crippen LogP contribution in [-0.4, -0.2) is 23.6 Å². The summed E-state index contributed by atoms with van der Waals surface area (Å²) in [5.41, 5.74) is 1.09. The zero-order valence-corrected chi connectivity index (χ0v) is 11.1. The third-order valence-corrected chi connectivity index (χ3v) is 3.44. The second kappa shape index (κ2) is 6.14. The van der Waals surface area contributed by atoms with Crippen LogP contribution in [0.1, 0.15) is 5.56 Å². The van der Waals surface area contributed by atoms with Gasteiger partial charge in [-0.1, -0.05) is 18.2 Å². The molecule has 1 aromatic heterocycles. The van der Waals surface area contributed by atoms with Gasteiger partial charge in [0, 0.05) is 6.54 Å². The minimum atomic E-state index is -0.441. The number of methoxy groups -OCH3 is 1. The van der Waals surface area contributed by atoms with Crippen LogP contribution in [0.5, 0.6) is 5.75 Å². The molecule has 1 aromatic carbocycles. The summed E-state index contributed by atoms with van der Waals surface area (Å²) in [7, 11) is 1.64. The number of nitrogens with zero attached hydrogens (tertiary/aromatic N) is 2. The molecule has 2 aromatic rings. The molecule has 0 spiro atoms. The van der Waals surface area contributed by atoms with Crippen LogP contribution in [0.4, 0.5) is 10.1 Å². The Kier molecular flexibility index (Phi) is 4.30. The van der Waals surface area contributed by atoms with Crippen LogP contribution in [-0.2, 0) is 6.42 Å². The minimum absolute atomic E-state index is 0.0415. The fourth-order valence-electron chi connectivity index (χ4n) is 1.65. The molecule has 0 aliphatic rings. The van der Waals surface area contributed by atoms with E-state index < -0.39 is 4.92 Å². The Morgan fingerprint density at radius 1 is 1.47 bits per heavy atom. The first-order valence-corrected chi connectivity index (χ1v) is 6.48. The van der Waals surface area contributed by atoms with Gasteiger partial charge in [-0.2, -0.15) is 0 Å². The molecule has 1 heterocycles. The lowest BCUT2D eigenvalue weighted by atomic mass is 10.1. The van der Waals surface area contributed by atoms with Gasteiger partial charge < -0.3 is 10.1 Å². The smallest absolute Gasteiger partial charge is 0.345 e. The van der Waals surface area contributed by atoms with Crippen molar-refractivity contribution in [3.05, 3.63) is 46.1 Å². The number of hydrogen-bond acceptors (Lipinski definition) is 6. The zero-order chi connectivity index (χ0) is 13.7. The maximum Gasteiger partial charge on any atom is 0.345 e. The number of rotatable bonds is 6. The normalized spacial score (nSPS) is 10.2. The average molecular weight is 279 g/mol. The molecule has 0 bridgehead atoms. The van der Waals surface area contributed by atoms with Gasteiger partial charge in [-0.3, -0.25) is 10.1 Å². The molecule has 7 heteroatoms. The number of nitrogens with one attached hydrogen (secondary N) is 1. The number of aromatic nitrogens is 1. The molecule has 0 amide bonds. The van der Waals surface area contributed by atoms with Crippen LogP contribution >= 0.6 is 11.3 Å². The Morgan fingerprint density at radius 2 is 2.26 bits per heavy atom. The first-order valence-electron chi connectivity index (χ1n) is 5.66. The van der Waals surface area contributed by atoms with E-state index in [2.05, 4.69) is 10.3 Å². The molecule has 0 radical (unpaired) electrons. The second-order valence-electron chi connectivity index (χ2n) is 3.75. The van der Waals surface area contributed by atoms with Crippen molar-refractivity contribution in [2.45, 2.75) is 6.42 Å². The summed E-state index contributed by atoms with van der Waals surface area (Å²) in [6.45, 7) is 0.644. The third kappa shape index (κ3) is 3.41. The van der Waals surface area contributed by atoms with Crippen molar-refractivity contribution in [3.63, 3.8) is 0 Å². The predicted octanol–water partition coefficient (Wildman–Crippen LogP) is 2.71. The molecule has 2 rings (SSSR count). The van der Waals surface area contributed by atoms with E-state index in [1.54, 1.807) is 7.11 Å². The maximum atomic E-state index is 10.5. The molecule has 19 heavy (non-hydrogen) atoms. The fourth-order valence-corrected chi connectivity index (χ4v) is 2.30. The van der Waals surface area contributed by atoms with Crippen LogP contribution in [0.15, 0.2) is 30.5 Å². The highest BCUT2D eigenvalue weighted by Gasteiger charge is 2.11. The Morgan fingerprint density at radius 3 is 2.95 bits per heavy atom. The summed E-state index contributed by atoms with van der Waals surface area (Å²) in [5.74, 6) is 0.842. The largest absolute Gasteiger partial charge is 0.496 e. The number of thiazole rings is 1. The van der Waals surface area contributed by atoms with Crippen LogP contribution in [0.3, 0.4) is 0 Å². The lowest BCUT2D eigenvalue weighted by Gasteiger charge is -2.08. The van der Waals surface area contributed by atoms with Gasteiger partial charge in [0.15, 0.2) is 5.13 Å². The Labute approximate surface area is 114 Å². The summed E-state index contributed by atoms with van der Waals surface area (Å²) in [5, 5.41) is 14.2. The molecule has 0 saturated heterocycles. The molecule has 0 saturated carbocycles. The predicted molar refractivity (Wildman–Crippen MR) is 74.0 cm³/mol.